The summed E-state index contributed by atoms with van der Waals surface area (Å²) in [6.07, 6.45) is -1.80. The molecule has 1 saturated carbocycles. The molecule has 0 bridgehead atoms. The van der Waals surface area contributed by atoms with Gasteiger partial charge in [0.1, 0.15) is 5.75 Å². The van der Waals surface area contributed by atoms with Gasteiger partial charge in [-0.15, -0.1) is 13.2 Å². The van der Waals surface area contributed by atoms with Crippen LogP contribution in [-0.4, -0.2) is 59.4 Å². The highest BCUT2D eigenvalue weighted by atomic mass is 19.4. The molecule has 0 radical (unpaired) electrons. The molecule has 0 aromatic heterocycles. The van der Waals surface area contributed by atoms with Crippen LogP contribution < -0.4 is 15.4 Å². The van der Waals surface area contributed by atoms with E-state index in [0.717, 1.165) is 17.7 Å². The number of carbonyl (C=O) groups excluding carboxylic acids is 3. The number of alkyl halides is 3. The number of nitrogens with one attached hydrogen (secondary N) is 2. The average Bonchev–Trinajstić information content (AvgIpc) is 3.00. The fourth-order valence-corrected chi connectivity index (χ4v) is 5.57. The molecular formula is C32H40F3N3O7. The van der Waals surface area contributed by atoms with Gasteiger partial charge in [0.2, 0.25) is 0 Å². The summed E-state index contributed by atoms with van der Waals surface area (Å²) in [7, 11) is 0. The number of benzene rings is 2. The zero-order valence-corrected chi connectivity index (χ0v) is 25.6. The molecule has 0 saturated heterocycles. The van der Waals surface area contributed by atoms with Crippen LogP contribution in [0.1, 0.15) is 75.2 Å². The van der Waals surface area contributed by atoms with Crippen LogP contribution in [0, 0.1) is 11.3 Å². The first kappa shape index (κ1) is 35.2. The van der Waals surface area contributed by atoms with E-state index >= 15 is 0 Å². The predicted molar refractivity (Wildman–Crippen MR) is 159 cm³/mol. The Morgan fingerprint density at radius 1 is 0.956 bits per heavy atom. The van der Waals surface area contributed by atoms with Crippen LogP contribution in [0.25, 0.3) is 0 Å². The van der Waals surface area contributed by atoms with E-state index in [4.69, 9.17) is 9.84 Å². The third kappa shape index (κ3) is 10.1. The van der Waals surface area contributed by atoms with Gasteiger partial charge in [-0.05, 0) is 93.8 Å². The first-order valence-corrected chi connectivity index (χ1v) is 14.9. The lowest BCUT2D eigenvalue weighted by Gasteiger charge is -2.42. The van der Waals surface area contributed by atoms with E-state index in [0.29, 0.717) is 44.3 Å². The van der Waals surface area contributed by atoms with E-state index < -0.39 is 35.4 Å². The number of anilines is 1. The molecule has 13 heteroatoms. The topological polar surface area (TPSA) is 134 Å². The minimum absolute atomic E-state index is 0.0108. The lowest BCUT2D eigenvalue weighted by molar-refractivity contribution is -0.274. The minimum atomic E-state index is -4.84. The number of esters is 1. The van der Waals surface area contributed by atoms with E-state index in [-0.39, 0.29) is 43.1 Å². The van der Waals surface area contributed by atoms with Crippen LogP contribution in [0.5, 0.6) is 5.75 Å². The molecule has 2 aromatic carbocycles. The van der Waals surface area contributed by atoms with E-state index in [1.54, 1.807) is 36.1 Å². The Labute approximate surface area is 260 Å². The Morgan fingerprint density at radius 3 is 2.11 bits per heavy atom. The molecule has 3 N–H and O–H groups in total. The maximum atomic E-state index is 13.6. The number of hydrogen-bond acceptors (Lipinski definition) is 6. The Kier molecular flexibility index (Phi) is 12.2. The maximum absolute atomic E-state index is 13.6. The van der Waals surface area contributed by atoms with Crippen molar-refractivity contribution in [3.8, 4) is 5.75 Å². The van der Waals surface area contributed by atoms with Crippen molar-refractivity contribution in [1.82, 2.24) is 10.2 Å². The van der Waals surface area contributed by atoms with E-state index in [1.807, 2.05) is 13.8 Å². The molecule has 0 aliphatic heterocycles. The molecular weight excluding hydrogens is 595 g/mol. The molecule has 0 heterocycles. The summed E-state index contributed by atoms with van der Waals surface area (Å²) in [5, 5.41) is 14.1. The van der Waals surface area contributed by atoms with E-state index in [9.17, 15) is 32.3 Å². The van der Waals surface area contributed by atoms with Gasteiger partial charge in [-0.1, -0.05) is 19.1 Å². The molecule has 246 valence electrons. The second-order valence-electron chi connectivity index (χ2n) is 11.2. The fourth-order valence-electron chi connectivity index (χ4n) is 5.57. The maximum Gasteiger partial charge on any atom is 0.573 e. The Hall–Kier alpha value is -4.29. The zero-order chi connectivity index (χ0) is 33.2. The number of aliphatic carboxylic acids is 1. The third-order valence-corrected chi connectivity index (χ3v) is 8.31. The lowest BCUT2D eigenvalue weighted by atomic mass is 9.67. The third-order valence-electron chi connectivity index (χ3n) is 8.31. The van der Waals surface area contributed by atoms with Gasteiger partial charge in [0, 0.05) is 30.4 Å². The summed E-state index contributed by atoms with van der Waals surface area (Å²) in [5.41, 5.74) is 0.699. The monoisotopic (exact) mass is 635 g/mol. The van der Waals surface area contributed by atoms with Crippen molar-refractivity contribution < 1.29 is 46.9 Å². The summed E-state index contributed by atoms with van der Waals surface area (Å²) in [6.45, 7) is 6.12. The summed E-state index contributed by atoms with van der Waals surface area (Å²) in [5.74, 6) is -2.01. The Morgan fingerprint density at radius 2 is 1.58 bits per heavy atom. The Bertz CT molecular complexity index is 1310. The summed E-state index contributed by atoms with van der Waals surface area (Å²) in [4.78, 5) is 51.2. The Balaban J connectivity index is 1.76. The molecule has 0 spiro atoms. The number of nitrogens with zero attached hydrogens (tertiary/aromatic N) is 1. The van der Waals surface area contributed by atoms with Crippen LogP contribution in [-0.2, 0) is 20.9 Å². The van der Waals surface area contributed by atoms with Gasteiger partial charge in [-0.2, -0.15) is 0 Å². The molecule has 2 aromatic rings. The zero-order valence-electron chi connectivity index (χ0n) is 25.6. The molecule has 1 fully saturated rings. The van der Waals surface area contributed by atoms with Gasteiger partial charge < -0.3 is 30.1 Å². The number of urea groups is 1. The molecule has 1 aliphatic rings. The van der Waals surface area contributed by atoms with Crippen LogP contribution in [0.3, 0.4) is 0 Å². The average molecular weight is 636 g/mol. The van der Waals surface area contributed by atoms with E-state index in [1.165, 1.54) is 12.1 Å². The fraction of sp³-hybridized carbons (Fsp3) is 0.500. The quantitative estimate of drug-likeness (QED) is 0.218. The van der Waals surface area contributed by atoms with Gasteiger partial charge in [-0.3, -0.25) is 14.4 Å². The molecule has 3 rings (SSSR count). The van der Waals surface area contributed by atoms with Crippen molar-refractivity contribution >= 4 is 29.6 Å². The number of carboxylic acids is 1. The van der Waals surface area contributed by atoms with Crippen LogP contribution in [0.15, 0.2) is 48.5 Å². The van der Waals surface area contributed by atoms with Gasteiger partial charge in [0.05, 0.1) is 18.4 Å². The largest absolute Gasteiger partial charge is 0.573 e. The van der Waals surface area contributed by atoms with Crippen LogP contribution in [0.4, 0.5) is 23.7 Å². The van der Waals surface area contributed by atoms with Crippen molar-refractivity contribution in [1.29, 1.82) is 0 Å². The van der Waals surface area contributed by atoms with Crippen LogP contribution in [0.2, 0.25) is 0 Å². The molecule has 1 aliphatic carbocycles. The van der Waals surface area contributed by atoms with Gasteiger partial charge in [-0.25, -0.2) is 4.79 Å². The van der Waals surface area contributed by atoms with Crippen molar-refractivity contribution in [2.75, 3.05) is 18.5 Å². The SMILES string of the molecule is CCOC(=O)C(C)(CC)C1CCC(N(Cc2ccc(C(=O)NCCC(=O)O)cc2)C(=O)Nc2ccc(OC(F)(F)F)cc2)CC1. The number of amides is 3. The van der Waals surface area contributed by atoms with Crippen LogP contribution >= 0.6 is 0 Å². The first-order valence-electron chi connectivity index (χ1n) is 14.9. The van der Waals surface area contributed by atoms with Crippen molar-refractivity contribution in [3.63, 3.8) is 0 Å². The predicted octanol–water partition coefficient (Wildman–Crippen LogP) is 6.36. The number of carbonyl (C=O) groups is 4. The highest BCUT2D eigenvalue weighted by Gasteiger charge is 2.43. The number of hydrogen-bond donors (Lipinski definition) is 3. The molecule has 45 heavy (non-hydrogen) atoms. The van der Waals surface area contributed by atoms with Gasteiger partial charge in [0.25, 0.3) is 5.91 Å². The highest BCUT2D eigenvalue weighted by molar-refractivity contribution is 5.94. The standard InChI is InChI=1S/C32H40F3N3O7/c1-4-31(3,29(42)44-5-2)23-10-14-25(15-11-23)38(30(43)37-24-12-16-26(17-13-24)45-32(33,34)35)20-21-6-8-22(9-7-21)28(41)36-19-18-27(39)40/h6-9,12-13,16-17,23,25H,4-5,10-11,14-15,18-20H2,1-3H3,(H,36,41)(H,37,43)(H,39,40). The van der Waals surface area contributed by atoms with Crippen molar-refractivity contribution in [2.24, 2.45) is 11.3 Å². The van der Waals surface area contributed by atoms with Gasteiger partial charge in [0.15, 0.2) is 0 Å². The number of ether oxygens (including phenoxy) is 2. The minimum Gasteiger partial charge on any atom is -0.481 e. The molecule has 3 amide bonds. The summed E-state index contributed by atoms with van der Waals surface area (Å²) < 4.78 is 47.0. The lowest BCUT2D eigenvalue weighted by Crippen LogP contribution is -2.46. The first-order chi connectivity index (χ1) is 21.3. The second-order valence-corrected chi connectivity index (χ2v) is 11.2. The highest BCUT2D eigenvalue weighted by Crippen LogP contribution is 2.43. The summed E-state index contributed by atoms with van der Waals surface area (Å²) in [6, 6.07) is 10.8. The smallest absolute Gasteiger partial charge is 0.481 e. The number of halogens is 3. The number of carboxylic acid groups (broad SMARTS) is 1. The molecule has 1 unspecified atom stereocenters. The summed E-state index contributed by atoms with van der Waals surface area (Å²) >= 11 is 0. The molecule has 1 atom stereocenters. The van der Waals surface area contributed by atoms with Gasteiger partial charge >= 0.3 is 24.3 Å². The molecule has 10 nitrogen and oxygen atoms in total. The normalized spacial score (nSPS) is 17.8. The number of rotatable bonds is 13. The van der Waals surface area contributed by atoms with E-state index in [2.05, 4.69) is 15.4 Å². The van der Waals surface area contributed by atoms with Crippen molar-refractivity contribution in [3.05, 3.63) is 59.7 Å². The second kappa shape index (κ2) is 15.6. The van der Waals surface area contributed by atoms with Crippen molar-refractivity contribution in [2.45, 2.75) is 78.2 Å².